The van der Waals surface area contributed by atoms with Crippen LogP contribution in [0.1, 0.15) is 78.6 Å². The summed E-state index contributed by atoms with van der Waals surface area (Å²) < 4.78 is 0. The van der Waals surface area contributed by atoms with E-state index in [4.69, 9.17) is 5.11 Å². The highest BCUT2D eigenvalue weighted by Crippen LogP contribution is 2.68. The maximum Gasteiger partial charge on any atom is 0.303 e. The van der Waals surface area contributed by atoms with E-state index < -0.39 is 11.4 Å². The summed E-state index contributed by atoms with van der Waals surface area (Å²) in [6, 6.07) is 0. The van der Waals surface area contributed by atoms with Crippen molar-refractivity contribution in [2.45, 2.75) is 84.7 Å². The van der Waals surface area contributed by atoms with Gasteiger partial charge < -0.3 is 10.2 Å². The molecule has 4 rings (SSSR count). The summed E-state index contributed by atoms with van der Waals surface area (Å²) in [6.45, 7) is 6.49. The lowest BCUT2D eigenvalue weighted by molar-refractivity contribution is -0.154. The predicted molar refractivity (Wildman–Crippen MR) is 112 cm³/mol. The number of rotatable bonds is 4. The van der Waals surface area contributed by atoms with Crippen molar-refractivity contribution >= 4 is 17.7 Å². The van der Waals surface area contributed by atoms with Crippen molar-refractivity contribution in [2.75, 3.05) is 0 Å². The van der Waals surface area contributed by atoms with E-state index in [1.165, 1.54) is 0 Å². The van der Waals surface area contributed by atoms with Crippen LogP contribution in [-0.4, -0.2) is 34.0 Å². The highest BCUT2D eigenvalue weighted by Gasteiger charge is 2.65. The van der Waals surface area contributed by atoms with Crippen LogP contribution in [0.15, 0.2) is 5.57 Å². The average molecular weight is 417 g/mol. The molecule has 2 N–H and O–H groups in total. The van der Waals surface area contributed by atoms with Crippen molar-refractivity contribution in [3.63, 3.8) is 0 Å². The number of aliphatic hydroxyl groups excluding tert-OH is 1. The van der Waals surface area contributed by atoms with Crippen LogP contribution in [0.25, 0.3) is 0 Å². The predicted octanol–water partition coefficient (Wildman–Crippen LogP) is 4.05. The van der Waals surface area contributed by atoms with Crippen LogP contribution < -0.4 is 0 Å². The van der Waals surface area contributed by atoms with Gasteiger partial charge in [0.1, 0.15) is 11.7 Å². The number of carbonyl (C=O) groups is 2. The molecule has 4 saturated carbocycles. The van der Waals surface area contributed by atoms with E-state index in [0.29, 0.717) is 25.0 Å². The second-order valence-electron chi connectivity index (χ2n) is 11.2. The summed E-state index contributed by atoms with van der Waals surface area (Å²) in [5, 5.41) is 19.3. The van der Waals surface area contributed by atoms with Crippen molar-refractivity contribution in [1.82, 2.24) is 0 Å². The van der Waals surface area contributed by atoms with E-state index in [1.807, 2.05) is 0 Å². The molecule has 0 bridgehead atoms. The molecule has 5 heteroatoms. The Morgan fingerprint density at radius 1 is 1.20 bits per heavy atom. The van der Waals surface area contributed by atoms with Gasteiger partial charge in [0, 0.05) is 23.8 Å². The van der Waals surface area contributed by atoms with Gasteiger partial charge in [-0.1, -0.05) is 20.8 Å². The number of fused-ring (bicyclic) bond motifs is 5. The third-order valence-corrected chi connectivity index (χ3v) is 10.1. The van der Waals surface area contributed by atoms with Crippen LogP contribution in [0, 0.1) is 46.3 Å². The van der Waals surface area contributed by atoms with Gasteiger partial charge in [-0.2, -0.15) is 0 Å². The number of carbonyl (C=O) groups excluding carboxylic acids is 2. The highest BCUT2D eigenvalue weighted by molar-refractivity contribution is 5.87. The molecule has 0 saturated heterocycles. The van der Waals surface area contributed by atoms with Crippen molar-refractivity contribution < 1.29 is 24.6 Å². The molecule has 166 valence electrons. The van der Waals surface area contributed by atoms with Crippen LogP contribution >= 0.6 is 0 Å². The van der Waals surface area contributed by atoms with Crippen molar-refractivity contribution in [3.05, 3.63) is 5.57 Å². The van der Waals surface area contributed by atoms with E-state index in [-0.39, 0.29) is 53.4 Å². The van der Waals surface area contributed by atoms with E-state index in [2.05, 4.69) is 26.7 Å². The van der Waals surface area contributed by atoms with E-state index in [1.54, 1.807) is 0 Å². The smallest absolute Gasteiger partial charge is 0.303 e. The lowest BCUT2D eigenvalue weighted by atomic mass is 9.43. The van der Waals surface area contributed by atoms with Gasteiger partial charge in [0.25, 0.3) is 0 Å². The van der Waals surface area contributed by atoms with E-state index in [0.717, 1.165) is 37.7 Å². The molecule has 1 unspecified atom stereocenters. The summed E-state index contributed by atoms with van der Waals surface area (Å²) >= 11 is 0. The fourth-order valence-electron chi connectivity index (χ4n) is 8.30. The van der Waals surface area contributed by atoms with E-state index >= 15 is 0 Å². The van der Waals surface area contributed by atoms with Gasteiger partial charge >= 0.3 is 5.97 Å². The zero-order valence-electron chi connectivity index (χ0n) is 18.5. The van der Waals surface area contributed by atoms with Crippen LogP contribution in [0.3, 0.4) is 0 Å². The topological polar surface area (TPSA) is 91.7 Å². The molecule has 30 heavy (non-hydrogen) atoms. The first-order valence-electron chi connectivity index (χ1n) is 11.8. The largest absolute Gasteiger partial charge is 0.481 e. The van der Waals surface area contributed by atoms with Crippen LogP contribution in [0.4, 0.5) is 0 Å². The molecule has 0 aromatic heterocycles. The maximum atomic E-state index is 13.7. The zero-order chi connectivity index (χ0) is 21.8. The van der Waals surface area contributed by atoms with Gasteiger partial charge in [-0.15, -0.1) is 0 Å². The van der Waals surface area contributed by atoms with Crippen LogP contribution in [0.5, 0.6) is 0 Å². The van der Waals surface area contributed by atoms with Gasteiger partial charge in [0.05, 0.1) is 6.10 Å². The molecule has 0 aromatic rings. The average Bonchev–Trinajstić information content (AvgIpc) is 3.06. The van der Waals surface area contributed by atoms with Gasteiger partial charge in [0.2, 0.25) is 0 Å². The number of ketones is 1. The quantitative estimate of drug-likeness (QED) is 0.675. The Balaban J connectivity index is 1.67. The Morgan fingerprint density at radius 2 is 1.93 bits per heavy atom. The van der Waals surface area contributed by atoms with E-state index in [9.17, 15) is 19.5 Å². The molecule has 0 spiro atoms. The first-order valence-corrected chi connectivity index (χ1v) is 11.8. The highest BCUT2D eigenvalue weighted by atomic mass is 16.4. The molecule has 0 radical (unpaired) electrons. The summed E-state index contributed by atoms with van der Waals surface area (Å²) in [6.07, 6.45) is 5.92. The molecular weight excluding hydrogens is 380 g/mol. The molecule has 0 aromatic carbocycles. The van der Waals surface area contributed by atoms with Crippen LogP contribution in [0.2, 0.25) is 0 Å². The molecule has 0 amide bonds. The van der Waals surface area contributed by atoms with Gasteiger partial charge in [0.15, 0.2) is 0 Å². The second-order valence-corrected chi connectivity index (χ2v) is 11.2. The second kappa shape index (κ2) is 7.60. The first kappa shape index (κ1) is 21.8. The van der Waals surface area contributed by atoms with Gasteiger partial charge in [-0.05, 0) is 85.9 Å². The fraction of sp³-hybridized carbons (Fsp3) is 0.840. The molecule has 5 nitrogen and oxygen atoms in total. The summed E-state index contributed by atoms with van der Waals surface area (Å²) in [7, 11) is 0. The Morgan fingerprint density at radius 3 is 2.60 bits per heavy atom. The minimum absolute atomic E-state index is 0.00571. The monoisotopic (exact) mass is 416 g/mol. The number of allylic oxidation sites excluding steroid dienone is 1. The molecule has 4 aliphatic rings. The molecule has 0 heterocycles. The molecule has 4 fully saturated rings. The van der Waals surface area contributed by atoms with Crippen molar-refractivity contribution in [1.29, 1.82) is 0 Å². The zero-order valence-corrected chi connectivity index (χ0v) is 18.5. The number of carboxylic acids is 1. The maximum absolute atomic E-state index is 13.7. The Hall–Kier alpha value is -1.45. The molecule has 0 aliphatic heterocycles. The molecular formula is C25H36O5. The third-order valence-electron chi connectivity index (χ3n) is 10.1. The SMILES string of the molecule is C[C@H](CCC(=O)O)[C@H]1CC[C@H]2C3C(=C=O)C[C@@H]4C[C@H](O)CC[C@]4(C)[C@H]3CC(=O)[C@]12C. The fourth-order valence-corrected chi connectivity index (χ4v) is 8.30. The number of hydrogen-bond donors (Lipinski definition) is 2. The standard InChI is InChI=1S/C25H36O5/c1-14(4-7-22(29)30)18-5-6-19-23-15(13-26)10-16-11-17(27)8-9-24(16,2)20(23)12-21(28)25(18,19)3/h14,16-20,23,27H,4-12H2,1-3H3,(H,29,30)/t14-,16-,17-,18-,19+,20+,23?,24+,25-/m1/s1. The Labute approximate surface area is 179 Å². The van der Waals surface area contributed by atoms with Crippen molar-refractivity contribution in [2.24, 2.45) is 46.3 Å². The number of hydrogen-bond acceptors (Lipinski definition) is 4. The first-order chi connectivity index (χ1) is 14.1. The van der Waals surface area contributed by atoms with Gasteiger partial charge in [-0.3, -0.25) is 9.59 Å². The molecule has 4 aliphatic carbocycles. The number of carboxylic acid groups (broad SMARTS) is 1. The normalized spacial score (nSPS) is 46.4. The molecule has 9 atom stereocenters. The minimum Gasteiger partial charge on any atom is -0.481 e. The summed E-state index contributed by atoms with van der Waals surface area (Å²) in [5.74, 6) is 2.87. The van der Waals surface area contributed by atoms with Crippen molar-refractivity contribution in [3.8, 4) is 0 Å². The summed E-state index contributed by atoms with van der Waals surface area (Å²) in [4.78, 5) is 36.9. The number of Topliss-reactive ketones (excluding diaryl/α,β-unsaturated/α-hetero) is 1. The Kier molecular flexibility index (Phi) is 5.51. The van der Waals surface area contributed by atoms with Crippen LogP contribution in [-0.2, 0) is 14.4 Å². The number of aliphatic carboxylic acids is 1. The number of aliphatic hydroxyl groups is 1. The Bertz CT molecular complexity index is 782. The minimum atomic E-state index is -0.784. The third kappa shape index (κ3) is 3.12. The van der Waals surface area contributed by atoms with Gasteiger partial charge in [-0.25, -0.2) is 4.79 Å². The lowest BCUT2D eigenvalue weighted by Crippen LogP contribution is -2.58. The summed E-state index contributed by atoms with van der Waals surface area (Å²) in [5.41, 5.74) is 0.367. The lowest BCUT2D eigenvalue weighted by Gasteiger charge is -2.60.